The molecule has 0 aliphatic carbocycles. The zero-order valence-electron chi connectivity index (χ0n) is 12.5. The van der Waals surface area contributed by atoms with E-state index in [9.17, 15) is 0 Å². The molecule has 104 valence electrons. The SMILES string of the molecule is CCCN(CC#Cc1cccc2ccccc12)CCC. The molecule has 2 aromatic rings. The molecule has 0 saturated carbocycles. The van der Waals surface area contributed by atoms with Gasteiger partial charge in [-0.1, -0.05) is 62.1 Å². The number of rotatable bonds is 5. The van der Waals surface area contributed by atoms with Gasteiger partial charge in [0.15, 0.2) is 0 Å². The van der Waals surface area contributed by atoms with Crippen molar-refractivity contribution in [2.24, 2.45) is 0 Å². The third kappa shape index (κ3) is 3.85. The molecule has 1 heteroatoms. The van der Waals surface area contributed by atoms with Crippen molar-refractivity contribution in [3.8, 4) is 11.8 Å². The normalized spacial score (nSPS) is 10.6. The van der Waals surface area contributed by atoms with Gasteiger partial charge in [0.25, 0.3) is 0 Å². The molecule has 0 fully saturated rings. The topological polar surface area (TPSA) is 3.24 Å². The summed E-state index contributed by atoms with van der Waals surface area (Å²) in [4.78, 5) is 2.43. The van der Waals surface area contributed by atoms with Crippen LogP contribution in [0, 0.1) is 11.8 Å². The van der Waals surface area contributed by atoms with Crippen molar-refractivity contribution < 1.29 is 0 Å². The third-order valence-corrected chi connectivity index (χ3v) is 3.40. The maximum absolute atomic E-state index is 3.34. The fraction of sp³-hybridized carbons (Fsp3) is 0.368. The second-order valence-electron chi connectivity index (χ2n) is 5.10. The average Bonchev–Trinajstić information content (AvgIpc) is 2.48. The Balaban J connectivity index is 2.14. The molecular formula is C19H23N. The van der Waals surface area contributed by atoms with Gasteiger partial charge in [0, 0.05) is 5.56 Å². The maximum atomic E-state index is 3.34. The lowest BCUT2D eigenvalue weighted by molar-refractivity contribution is 0.308. The molecule has 0 amide bonds. The molecular weight excluding hydrogens is 242 g/mol. The Morgan fingerprint density at radius 3 is 2.35 bits per heavy atom. The third-order valence-electron chi connectivity index (χ3n) is 3.40. The highest BCUT2D eigenvalue weighted by Gasteiger charge is 1.99. The smallest absolute Gasteiger partial charge is 0.0605 e. The lowest BCUT2D eigenvalue weighted by Crippen LogP contribution is -2.25. The van der Waals surface area contributed by atoms with E-state index in [-0.39, 0.29) is 0 Å². The van der Waals surface area contributed by atoms with E-state index in [1.54, 1.807) is 0 Å². The van der Waals surface area contributed by atoms with E-state index >= 15 is 0 Å². The summed E-state index contributed by atoms with van der Waals surface area (Å²) < 4.78 is 0. The lowest BCUT2D eigenvalue weighted by Gasteiger charge is -2.17. The minimum absolute atomic E-state index is 0.866. The van der Waals surface area contributed by atoms with E-state index in [0.717, 1.165) is 25.2 Å². The lowest BCUT2D eigenvalue weighted by atomic mass is 10.1. The van der Waals surface area contributed by atoms with Crippen molar-refractivity contribution in [3.63, 3.8) is 0 Å². The molecule has 0 heterocycles. The molecule has 0 aromatic heterocycles. The van der Waals surface area contributed by atoms with Crippen LogP contribution in [-0.2, 0) is 0 Å². The first-order valence-electron chi connectivity index (χ1n) is 7.54. The molecule has 1 nitrogen and oxygen atoms in total. The highest BCUT2D eigenvalue weighted by molar-refractivity contribution is 5.88. The van der Waals surface area contributed by atoms with Crippen LogP contribution in [0.2, 0.25) is 0 Å². The van der Waals surface area contributed by atoms with Gasteiger partial charge < -0.3 is 0 Å². The van der Waals surface area contributed by atoms with Gasteiger partial charge in [-0.15, -0.1) is 0 Å². The highest BCUT2D eigenvalue weighted by Crippen LogP contribution is 2.17. The zero-order valence-corrected chi connectivity index (χ0v) is 12.5. The van der Waals surface area contributed by atoms with Crippen LogP contribution in [0.4, 0.5) is 0 Å². The Kier molecular flexibility index (Phi) is 5.65. The van der Waals surface area contributed by atoms with Gasteiger partial charge in [0.2, 0.25) is 0 Å². The van der Waals surface area contributed by atoms with Crippen molar-refractivity contribution >= 4 is 10.8 Å². The van der Waals surface area contributed by atoms with Crippen molar-refractivity contribution in [1.29, 1.82) is 0 Å². The average molecular weight is 265 g/mol. The summed E-state index contributed by atoms with van der Waals surface area (Å²) in [7, 11) is 0. The monoisotopic (exact) mass is 265 g/mol. The number of nitrogens with zero attached hydrogens (tertiary/aromatic N) is 1. The van der Waals surface area contributed by atoms with Crippen LogP contribution in [0.15, 0.2) is 42.5 Å². The molecule has 0 atom stereocenters. The predicted octanol–water partition coefficient (Wildman–Crippen LogP) is 4.31. The highest BCUT2D eigenvalue weighted by atomic mass is 15.1. The van der Waals surface area contributed by atoms with E-state index in [2.05, 4.69) is 73.1 Å². The summed E-state index contributed by atoms with van der Waals surface area (Å²) in [5, 5.41) is 2.51. The first kappa shape index (κ1) is 14.6. The van der Waals surface area contributed by atoms with Crippen LogP contribution < -0.4 is 0 Å². The van der Waals surface area contributed by atoms with Gasteiger partial charge in [-0.3, -0.25) is 4.90 Å². The minimum atomic E-state index is 0.866. The molecule has 0 bridgehead atoms. The summed E-state index contributed by atoms with van der Waals surface area (Å²) in [6.45, 7) is 7.59. The number of fused-ring (bicyclic) bond motifs is 1. The molecule has 20 heavy (non-hydrogen) atoms. The molecule has 0 N–H and O–H groups in total. The molecule has 0 unspecified atom stereocenters. The van der Waals surface area contributed by atoms with Crippen LogP contribution in [-0.4, -0.2) is 24.5 Å². The molecule has 0 saturated heterocycles. The van der Waals surface area contributed by atoms with Gasteiger partial charge in [-0.05, 0) is 42.8 Å². The molecule has 0 radical (unpaired) electrons. The Hall–Kier alpha value is -1.78. The quantitative estimate of drug-likeness (QED) is 0.728. The van der Waals surface area contributed by atoms with Crippen molar-refractivity contribution in [2.45, 2.75) is 26.7 Å². The van der Waals surface area contributed by atoms with Crippen LogP contribution in [0.3, 0.4) is 0 Å². The second-order valence-corrected chi connectivity index (χ2v) is 5.10. The summed E-state index contributed by atoms with van der Waals surface area (Å²) in [5.74, 6) is 6.68. The Bertz CT molecular complexity index is 592. The fourth-order valence-corrected chi connectivity index (χ4v) is 2.48. The fourth-order valence-electron chi connectivity index (χ4n) is 2.48. The summed E-state index contributed by atoms with van der Waals surface area (Å²) >= 11 is 0. The number of hydrogen-bond acceptors (Lipinski definition) is 1. The van der Waals surface area contributed by atoms with E-state index in [0.29, 0.717) is 0 Å². The number of benzene rings is 2. The number of hydrogen-bond donors (Lipinski definition) is 0. The van der Waals surface area contributed by atoms with Gasteiger partial charge in [-0.25, -0.2) is 0 Å². The van der Waals surface area contributed by atoms with Crippen LogP contribution >= 0.6 is 0 Å². The van der Waals surface area contributed by atoms with Crippen LogP contribution in [0.1, 0.15) is 32.3 Å². The van der Waals surface area contributed by atoms with Crippen molar-refractivity contribution in [1.82, 2.24) is 4.90 Å². The molecule has 2 aromatic carbocycles. The van der Waals surface area contributed by atoms with Gasteiger partial charge in [-0.2, -0.15) is 0 Å². The molecule has 2 rings (SSSR count). The summed E-state index contributed by atoms with van der Waals surface area (Å²) in [5.41, 5.74) is 1.14. The summed E-state index contributed by atoms with van der Waals surface area (Å²) in [6.07, 6.45) is 2.38. The van der Waals surface area contributed by atoms with Crippen LogP contribution in [0.25, 0.3) is 10.8 Å². The first-order chi connectivity index (χ1) is 9.85. The largest absolute Gasteiger partial charge is 0.292 e. The second kappa shape index (κ2) is 7.72. The van der Waals surface area contributed by atoms with Crippen molar-refractivity contribution in [2.75, 3.05) is 19.6 Å². The van der Waals surface area contributed by atoms with Gasteiger partial charge >= 0.3 is 0 Å². The standard InChI is InChI=1S/C19H23N/c1-3-14-20(15-4-2)16-8-12-18-11-7-10-17-9-5-6-13-19(17)18/h5-7,9-11,13H,3-4,14-16H2,1-2H3. The van der Waals surface area contributed by atoms with Gasteiger partial charge in [0.1, 0.15) is 0 Å². The first-order valence-corrected chi connectivity index (χ1v) is 7.54. The molecule has 0 aliphatic rings. The Morgan fingerprint density at radius 1 is 0.900 bits per heavy atom. The van der Waals surface area contributed by atoms with E-state index in [4.69, 9.17) is 0 Å². The minimum Gasteiger partial charge on any atom is -0.292 e. The van der Waals surface area contributed by atoms with Crippen LogP contribution in [0.5, 0.6) is 0 Å². The molecule has 0 aliphatic heterocycles. The Morgan fingerprint density at radius 2 is 1.60 bits per heavy atom. The summed E-state index contributed by atoms with van der Waals surface area (Å²) in [6, 6.07) is 14.8. The maximum Gasteiger partial charge on any atom is 0.0605 e. The van der Waals surface area contributed by atoms with E-state index in [1.807, 2.05) is 0 Å². The van der Waals surface area contributed by atoms with E-state index in [1.165, 1.54) is 23.6 Å². The molecule has 0 spiro atoms. The Labute approximate surface area is 122 Å². The zero-order chi connectivity index (χ0) is 14.2. The predicted molar refractivity (Wildman–Crippen MR) is 87.8 cm³/mol. The van der Waals surface area contributed by atoms with Crippen molar-refractivity contribution in [3.05, 3.63) is 48.0 Å². The van der Waals surface area contributed by atoms with E-state index < -0.39 is 0 Å². The van der Waals surface area contributed by atoms with Gasteiger partial charge in [0.05, 0.1) is 6.54 Å².